The fourth-order valence-corrected chi connectivity index (χ4v) is 5.31. The van der Waals surface area contributed by atoms with E-state index in [0.717, 1.165) is 0 Å². The smallest absolute Gasteiger partial charge is 0.243 e. The van der Waals surface area contributed by atoms with Crippen LogP contribution in [0.5, 0.6) is 11.5 Å². The van der Waals surface area contributed by atoms with Crippen LogP contribution in [0, 0.1) is 5.92 Å². The second kappa shape index (κ2) is 9.86. The number of hydrogen-bond acceptors (Lipinski definition) is 6. The number of fused-ring (bicyclic) bond motifs is 1. The number of benzene rings is 1. The number of nitrogens with zero attached hydrogens (tertiary/aromatic N) is 2. The molecule has 1 saturated heterocycles. The molecule has 2 amide bonds. The minimum atomic E-state index is -3.69. The molecule has 0 aromatic heterocycles. The number of carbonyl (C=O) groups is 2. The molecule has 0 radical (unpaired) electrons. The van der Waals surface area contributed by atoms with Gasteiger partial charge in [0.2, 0.25) is 21.8 Å². The lowest BCUT2D eigenvalue weighted by atomic mass is 9.96. The van der Waals surface area contributed by atoms with Crippen LogP contribution in [0.25, 0.3) is 0 Å². The van der Waals surface area contributed by atoms with Gasteiger partial charge in [0.25, 0.3) is 0 Å². The van der Waals surface area contributed by atoms with Crippen molar-refractivity contribution in [3.8, 4) is 11.5 Å². The number of piperidine rings is 1. The minimum absolute atomic E-state index is 0.00955. The second-order valence-corrected chi connectivity index (χ2v) is 10.00. The first kappa shape index (κ1) is 23.3. The number of likely N-dealkylation sites (N-methyl/N-ethyl adjacent to an activating group) is 1. The van der Waals surface area contributed by atoms with E-state index in [-0.39, 0.29) is 48.3 Å². The predicted molar refractivity (Wildman–Crippen MR) is 114 cm³/mol. The second-order valence-electron chi connectivity index (χ2n) is 8.06. The Morgan fingerprint density at radius 1 is 1.16 bits per heavy atom. The van der Waals surface area contributed by atoms with Crippen LogP contribution in [-0.4, -0.2) is 74.9 Å². The highest BCUT2D eigenvalue weighted by Gasteiger charge is 2.34. The molecule has 10 heteroatoms. The highest BCUT2D eigenvalue weighted by molar-refractivity contribution is 7.89. The molecule has 172 valence electrons. The molecule has 0 unspecified atom stereocenters. The molecule has 0 bridgehead atoms. The molecule has 1 N–H and O–H groups in total. The van der Waals surface area contributed by atoms with E-state index in [1.165, 1.54) is 21.3 Å². The molecule has 9 nitrogen and oxygen atoms in total. The molecule has 0 spiro atoms. The fourth-order valence-electron chi connectivity index (χ4n) is 3.82. The number of ether oxygens (including phenoxy) is 2. The van der Waals surface area contributed by atoms with Gasteiger partial charge in [0.15, 0.2) is 11.5 Å². The summed E-state index contributed by atoms with van der Waals surface area (Å²) in [6.07, 6.45) is 0.843. The van der Waals surface area contributed by atoms with Crippen LogP contribution in [0.3, 0.4) is 0 Å². The number of hydrogen-bond donors (Lipinski definition) is 1. The number of nitrogens with one attached hydrogen (secondary N) is 1. The van der Waals surface area contributed by atoms with Crippen molar-refractivity contribution in [3.05, 3.63) is 18.2 Å². The molecular formula is C21H31N3O6S. The Labute approximate surface area is 183 Å². The molecule has 2 aliphatic heterocycles. The van der Waals surface area contributed by atoms with Gasteiger partial charge in [-0.05, 0) is 45.7 Å². The van der Waals surface area contributed by atoms with E-state index in [1.54, 1.807) is 6.07 Å². The SMILES string of the molecule is CCN(CC(=O)NC(C)C)C(=O)C1CCN(S(=O)(=O)c2ccc3c(c2)OCCO3)CC1. The Hall–Kier alpha value is -2.33. The maximum Gasteiger partial charge on any atom is 0.243 e. The van der Waals surface area contributed by atoms with Crippen LogP contribution >= 0.6 is 0 Å². The van der Waals surface area contributed by atoms with E-state index in [2.05, 4.69) is 5.32 Å². The Morgan fingerprint density at radius 3 is 2.42 bits per heavy atom. The van der Waals surface area contributed by atoms with Crippen molar-refractivity contribution in [2.24, 2.45) is 5.92 Å². The van der Waals surface area contributed by atoms with Crippen LogP contribution in [0.4, 0.5) is 0 Å². The molecule has 0 saturated carbocycles. The van der Waals surface area contributed by atoms with E-state index < -0.39 is 10.0 Å². The summed E-state index contributed by atoms with van der Waals surface area (Å²) in [5.41, 5.74) is 0. The summed E-state index contributed by atoms with van der Waals surface area (Å²) in [5.74, 6) is 0.381. The number of rotatable bonds is 7. The first-order valence-corrected chi connectivity index (χ1v) is 12.1. The van der Waals surface area contributed by atoms with E-state index in [0.29, 0.717) is 44.1 Å². The first-order chi connectivity index (χ1) is 14.7. The summed E-state index contributed by atoms with van der Waals surface area (Å²) in [5, 5.41) is 2.79. The van der Waals surface area contributed by atoms with Crippen molar-refractivity contribution < 1.29 is 27.5 Å². The third kappa shape index (κ3) is 5.48. The molecule has 2 heterocycles. The van der Waals surface area contributed by atoms with Gasteiger partial charge in [-0.1, -0.05) is 0 Å². The average molecular weight is 454 g/mol. The van der Waals surface area contributed by atoms with Gasteiger partial charge >= 0.3 is 0 Å². The third-order valence-electron chi connectivity index (χ3n) is 5.43. The van der Waals surface area contributed by atoms with Gasteiger partial charge in [-0.3, -0.25) is 9.59 Å². The zero-order chi connectivity index (χ0) is 22.6. The van der Waals surface area contributed by atoms with Crippen molar-refractivity contribution in [3.63, 3.8) is 0 Å². The lowest BCUT2D eigenvalue weighted by Crippen LogP contribution is -2.47. The van der Waals surface area contributed by atoms with Gasteiger partial charge in [-0.25, -0.2) is 8.42 Å². The van der Waals surface area contributed by atoms with Gasteiger partial charge in [0.1, 0.15) is 13.2 Å². The predicted octanol–water partition coefficient (Wildman–Crippen LogP) is 1.23. The lowest BCUT2D eigenvalue weighted by Gasteiger charge is -2.33. The zero-order valence-electron chi connectivity index (χ0n) is 18.3. The van der Waals surface area contributed by atoms with Gasteiger partial charge in [-0.15, -0.1) is 0 Å². The molecule has 31 heavy (non-hydrogen) atoms. The fraction of sp³-hybridized carbons (Fsp3) is 0.619. The van der Waals surface area contributed by atoms with Crippen molar-refractivity contribution in [2.75, 3.05) is 39.4 Å². The average Bonchev–Trinajstić information content (AvgIpc) is 2.76. The van der Waals surface area contributed by atoms with E-state index in [1.807, 2.05) is 20.8 Å². The number of amides is 2. The number of sulfonamides is 1. The highest BCUT2D eigenvalue weighted by atomic mass is 32.2. The quantitative estimate of drug-likeness (QED) is 0.666. The van der Waals surface area contributed by atoms with Crippen molar-refractivity contribution >= 4 is 21.8 Å². The molecule has 1 aromatic rings. The molecule has 0 aliphatic carbocycles. The summed E-state index contributed by atoms with van der Waals surface area (Å²) in [7, 11) is -3.69. The van der Waals surface area contributed by atoms with Crippen LogP contribution in [0.2, 0.25) is 0 Å². The molecule has 1 aromatic carbocycles. The summed E-state index contributed by atoms with van der Waals surface area (Å²) in [6, 6.07) is 4.63. The molecule has 0 atom stereocenters. The van der Waals surface area contributed by atoms with E-state index >= 15 is 0 Å². The summed E-state index contributed by atoms with van der Waals surface area (Å²) in [6.45, 7) is 7.35. The normalized spacial score (nSPS) is 17.4. The van der Waals surface area contributed by atoms with Crippen molar-refractivity contribution in [1.29, 1.82) is 0 Å². The Bertz CT molecular complexity index is 910. The Kier molecular flexibility index (Phi) is 7.42. The minimum Gasteiger partial charge on any atom is -0.486 e. The highest BCUT2D eigenvalue weighted by Crippen LogP contribution is 2.34. The summed E-state index contributed by atoms with van der Waals surface area (Å²) < 4.78 is 38.5. The van der Waals surface area contributed by atoms with Gasteiger partial charge in [-0.2, -0.15) is 4.31 Å². The largest absolute Gasteiger partial charge is 0.486 e. The summed E-state index contributed by atoms with van der Waals surface area (Å²) >= 11 is 0. The van der Waals surface area contributed by atoms with Crippen molar-refractivity contribution in [1.82, 2.24) is 14.5 Å². The molecule has 3 rings (SSSR count). The maximum absolute atomic E-state index is 13.1. The van der Waals surface area contributed by atoms with Gasteiger partial charge < -0.3 is 19.7 Å². The number of carbonyl (C=O) groups excluding carboxylic acids is 2. The first-order valence-electron chi connectivity index (χ1n) is 10.7. The van der Waals surface area contributed by atoms with Crippen LogP contribution in [-0.2, 0) is 19.6 Å². The standard InChI is InChI=1S/C21H31N3O6S/c1-4-23(14-20(25)22-15(2)3)21(26)16-7-9-24(10-8-16)31(27,28)17-5-6-18-19(13-17)30-12-11-29-18/h5-6,13,15-16H,4,7-12,14H2,1-3H3,(H,22,25). The van der Waals surface area contributed by atoms with Crippen LogP contribution < -0.4 is 14.8 Å². The third-order valence-corrected chi connectivity index (χ3v) is 7.33. The Balaban J connectivity index is 1.61. The van der Waals surface area contributed by atoms with Gasteiger partial charge in [0.05, 0.1) is 11.4 Å². The van der Waals surface area contributed by atoms with Crippen LogP contribution in [0.15, 0.2) is 23.1 Å². The van der Waals surface area contributed by atoms with Crippen LogP contribution in [0.1, 0.15) is 33.6 Å². The topological polar surface area (TPSA) is 105 Å². The summed E-state index contributed by atoms with van der Waals surface area (Å²) in [4.78, 5) is 26.6. The monoisotopic (exact) mass is 453 g/mol. The Morgan fingerprint density at radius 2 is 1.81 bits per heavy atom. The molecule has 2 aliphatic rings. The maximum atomic E-state index is 13.1. The molecular weight excluding hydrogens is 422 g/mol. The zero-order valence-corrected chi connectivity index (χ0v) is 19.1. The van der Waals surface area contributed by atoms with E-state index in [4.69, 9.17) is 9.47 Å². The van der Waals surface area contributed by atoms with Crippen molar-refractivity contribution in [2.45, 2.75) is 44.6 Å². The lowest BCUT2D eigenvalue weighted by molar-refractivity contribution is -0.140. The van der Waals surface area contributed by atoms with E-state index in [9.17, 15) is 18.0 Å². The molecule has 1 fully saturated rings. The van der Waals surface area contributed by atoms with Gasteiger partial charge in [0, 0.05) is 37.7 Å².